The summed E-state index contributed by atoms with van der Waals surface area (Å²) in [6.07, 6.45) is 1.95. The molecule has 0 fully saturated rings. The van der Waals surface area contributed by atoms with Gasteiger partial charge < -0.3 is 19.5 Å². The molecule has 2 aromatic carbocycles. The monoisotopic (exact) mass is 422 g/mol. The van der Waals surface area contributed by atoms with Gasteiger partial charge in [-0.25, -0.2) is 4.79 Å². The summed E-state index contributed by atoms with van der Waals surface area (Å²) in [5.74, 6) is -1.68. The van der Waals surface area contributed by atoms with E-state index in [1.54, 1.807) is 37.5 Å². The molecule has 2 heterocycles. The molecular formula is C25H26O6. The summed E-state index contributed by atoms with van der Waals surface area (Å²) < 4.78 is 10.7. The first-order valence-electron chi connectivity index (χ1n) is 10.2. The Morgan fingerprint density at radius 2 is 1.74 bits per heavy atom. The van der Waals surface area contributed by atoms with Gasteiger partial charge in [0.25, 0.3) is 5.79 Å². The topological polar surface area (TPSA) is 74.2 Å². The molecule has 2 aliphatic heterocycles. The average Bonchev–Trinajstić information content (AvgIpc) is 3.35. The number of methoxy groups -OCH3 is 1. The van der Waals surface area contributed by atoms with Gasteiger partial charge in [-0.15, -0.1) is 0 Å². The number of benzene rings is 2. The number of hydrogen-bond donors (Lipinski definition) is 1. The maximum Gasteiger partial charge on any atom is 0.345 e. The zero-order valence-corrected chi connectivity index (χ0v) is 18.1. The minimum Gasteiger partial charge on any atom is -0.497 e. The first kappa shape index (κ1) is 21.2. The molecule has 6 nitrogen and oxygen atoms in total. The van der Waals surface area contributed by atoms with Gasteiger partial charge >= 0.3 is 5.97 Å². The van der Waals surface area contributed by atoms with Crippen molar-refractivity contribution >= 4 is 5.97 Å². The number of cyclic esters (lactones) is 1. The normalized spacial score (nSPS) is 21.1. The van der Waals surface area contributed by atoms with E-state index in [4.69, 9.17) is 19.2 Å². The molecule has 0 spiro atoms. The molecule has 2 aromatic rings. The van der Waals surface area contributed by atoms with Gasteiger partial charge in [0.2, 0.25) is 0 Å². The van der Waals surface area contributed by atoms with E-state index in [-0.39, 0.29) is 23.4 Å². The van der Waals surface area contributed by atoms with Crippen molar-refractivity contribution in [3.05, 3.63) is 88.2 Å². The molecule has 1 atom stereocenters. The molecule has 6 heteroatoms. The smallest absolute Gasteiger partial charge is 0.345 e. The summed E-state index contributed by atoms with van der Waals surface area (Å²) in [5.41, 5.74) is 3.19. The lowest BCUT2D eigenvalue weighted by atomic mass is 9.85. The van der Waals surface area contributed by atoms with Gasteiger partial charge in [-0.05, 0) is 46.9 Å². The minimum absolute atomic E-state index is 0.0268. The Kier molecular flexibility index (Phi) is 5.37. The van der Waals surface area contributed by atoms with Crippen LogP contribution in [0.5, 0.6) is 5.75 Å². The highest BCUT2D eigenvalue weighted by molar-refractivity contribution is 5.97. The van der Waals surface area contributed by atoms with Crippen LogP contribution in [0.2, 0.25) is 0 Å². The van der Waals surface area contributed by atoms with Crippen LogP contribution in [0.25, 0.3) is 0 Å². The molecular weight excluding hydrogens is 396 g/mol. The number of hydrogen-bond acceptors (Lipinski definition) is 6. The second-order valence-corrected chi connectivity index (χ2v) is 8.68. The summed E-state index contributed by atoms with van der Waals surface area (Å²) >= 11 is 0. The number of rotatable bonds is 5. The van der Waals surface area contributed by atoms with Crippen molar-refractivity contribution in [1.29, 1.82) is 0 Å². The predicted molar refractivity (Wildman–Crippen MR) is 114 cm³/mol. The third-order valence-corrected chi connectivity index (χ3v) is 5.57. The van der Waals surface area contributed by atoms with Crippen LogP contribution < -0.4 is 4.74 Å². The summed E-state index contributed by atoms with van der Waals surface area (Å²) in [5, 5.41) is 11.6. The Hall–Kier alpha value is -3.09. The van der Waals surface area contributed by atoms with E-state index in [1.165, 1.54) is 5.56 Å². The third-order valence-electron chi connectivity index (χ3n) is 5.57. The first-order chi connectivity index (χ1) is 14.7. The number of aliphatic hydroxyl groups is 1. The van der Waals surface area contributed by atoms with Gasteiger partial charge in [-0.3, -0.25) is 0 Å². The molecule has 162 valence electrons. The molecule has 0 radical (unpaired) electrons. The van der Waals surface area contributed by atoms with Crippen molar-refractivity contribution in [3.63, 3.8) is 0 Å². The van der Waals surface area contributed by atoms with Gasteiger partial charge in [0.15, 0.2) is 5.76 Å². The number of esters is 1. The number of carbonyl (C=O) groups is 1. The van der Waals surface area contributed by atoms with E-state index in [9.17, 15) is 9.90 Å². The Morgan fingerprint density at radius 3 is 2.29 bits per heavy atom. The van der Waals surface area contributed by atoms with Crippen molar-refractivity contribution in [1.82, 2.24) is 0 Å². The van der Waals surface area contributed by atoms with E-state index < -0.39 is 11.8 Å². The number of carbonyl (C=O) groups excluding carboxylic acids is 1. The fourth-order valence-electron chi connectivity index (χ4n) is 3.76. The van der Waals surface area contributed by atoms with Crippen molar-refractivity contribution in [3.8, 4) is 5.75 Å². The van der Waals surface area contributed by atoms with Crippen LogP contribution in [0.3, 0.4) is 0 Å². The van der Waals surface area contributed by atoms with E-state index in [1.807, 2.05) is 12.1 Å². The standard InChI is InChI=1S/C25H26O6/c1-24(2,3)17-7-5-16(6-8-17)15-20-22(21-13-14-29-31-21)23(26)30-25(20,27)18-9-11-19(28-4)12-10-18/h5-13,27H,14-15H2,1-4H3. The minimum atomic E-state index is -1.92. The molecule has 0 saturated carbocycles. The van der Waals surface area contributed by atoms with Gasteiger partial charge in [0.05, 0.1) is 7.11 Å². The zero-order chi connectivity index (χ0) is 22.2. The van der Waals surface area contributed by atoms with Crippen LogP contribution in [0.4, 0.5) is 0 Å². The molecule has 2 aliphatic rings. The zero-order valence-electron chi connectivity index (χ0n) is 18.1. The molecule has 0 saturated heterocycles. The summed E-state index contributed by atoms with van der Waals surface area (Å²) in [7, 11) is 1.56. The van der Waals surface area contributed by atoms with E-state index in [0.29, 0.717) is 23.3 Å². The highest BCUT2D eigenvalue weighted by atomic mass is 17.2. The third kappa shape index (κ3) is 3.96. The lowest BCUT2D eigenvalue weighted by Gasteiger charge is -2.26. The highest BCUT2D eigenvalue weighted by Gasteiger charge is 2.49. The maximum absolute atomic E-state index is 12.8. The summed E-state index contributed by atoms with van der Waals surface area (Å²) in [4.78, 5) is 22.9. The van der Waals surface area contributed by atoms with Crippen molar-refractivity contribution < 1.29 is 29.1 Å². The van der Waals surface area contributed by atoms with E-state index in [0.717, 1.165) is 5.56 Å². The quantitative estimate of drug-likeness (QED) is 0.578. The largest absolute Gasteiger partial charge is 0.497 e. The molecule has 1 unspecified atom stereocenters. The lowest BCUT2D eigenvalue weighted by Crippen LogP contribution is -2.29. The fraction of sp³-hybridized carbons (Fsp3) is 0.320. The molecule has 31 heavy (non-hydrogen) atoms. The van der Waals surface area contributed by atoms with Gasteiger partial charge in [-0.2, -0.15) is 4.89 Å². The van der Waals surface area contributed by atoms with Crippen LogP contribution in [0.15, 0.2) is 71.5 Å². The van der Waals surface area contributed by atoms with Crippen LogP contribution in [-0.2, 0) is 36.9 Å². The maximum atomic E-state index is 12.8. The van der Waals surface area contributed by atoms with Crippen molar-refractivity contribution in [2.75, 3.05) is 13.7 Å². The first-order valence-corrected chi connectivity index (χ1v) is 10.2. The fourth-order valence-corrected chi connectivity index (χ4v) is 3.76. The second kappa shape index (κ2) is 7.87. The van der Waals surface area contributed by atoms with Crippen LogP contribution in [0, 0.1) is 0 Å². The van der Waals surface area contributed by atoms with Gasteiger partial charge in [-0.1, -0.05) is 45.0 Å². The highest BCUT2D eigenvalue weighted by Crippen LogP contribution is 2.44. The Morgan fingerprint density at radius 1 is 1.06 bits per heavy atom. The molecule has 1 N–H and O–H groups in total. The second-order valence-electron chi connectivity index (χ2n) is 8.68. The molecule has 0 aliphatic carbocycles. The molecule has 0 aromatic heterocycles. The molecule has 0 bridgehead atoms. The van der Waals surface area contributed by atoms with Crippen molar-refractivity contribution in [2.45, 2.75) is 38.4 Å². The molecule has 0 amide bonds. The van der Waals surface area contributed by atoms with Crippen LogP contribution >= 0.6 is 0 Å². The van der Waals surface area contributed by atoms with Crippen molar-refractivity contribution in [2.24, 2.45) is 0 Å². The van der Waals surface area contributed by atoms with E-state index in [2.05, 4.69) is 32.9 Å². The lowest BCUT2D eigenvalue weighted by molar-refractivity contribution is -0.231. The Bertz CT molecular complexity index is 1040. The predicted octanol–water partition coefficient (Wildman–Crippen LogP) is 4.08. The summed E-state index contributed by atoms with van der Waals surface area (Å²) in [6, 6.07) is 14.9. The van der Waals surface area contributed by atoms with Gasteiger partial charge in [0.1, 0.15) is 17.9 Å². The molecule has 4 rings (SSSR count). The summed E-state index contributed by atoms with van der Waals surface area (Å²) in [6.45, 7) is 6.68. The van der Waals surface area contributed by atoms with Gasteiger partial charge in [0, 0.05) is 17.6 Å². The Balaban J connectivity index is 1.78. The number of ether oxygens (including phenoxy) is 2. The average molecular weight is 422 g/mol. The van der Waals surface area contributed by atoms with E-state index >= 15 is 0 Å². The van der Waals surface area contributed by atoms with Crippen LogP contribution in [-0.4, -0.2) is 24.8 Å². The van der Waals surface area contributed by atoms with Crippen LogP contribution in [0.1, 0.15) is 37.5 Å². The Labute approximate surface area is 181 Å². The SMILES string of the molecule is COc1ccc(C2(O)OC(=O)C(C3=CCOO3)=C2Cc2ccc(C(C)(C)C)cc2)cc1.